The Bertz CT molecular complexity index is 590. The van der Waals surface area contributed by atoms with Crippen LogP contribution in [-0.2, 0) is 16.1 Å². The summed E-state index contributed by atoms with van der Waals surface area (Å²) in [6.45, 7) is 4.70. The van der Waals surface area contributed by atoms with Gasteiger partial charge in [-0.2, -0.15) is 0 Å². The molecule has 6 nitrogen and oxygen atoms in total. The molecule has 23 heavy (non-hydrogen) atoms. The first-order valence-electron chi connectivity index (χ1n) is 8.41. The van der Waals surface area contributed by atoms with Crippen LogP contribution in [0.2, 0.25) is 0 Å². The lowest BCUT2D eigenvalue weighted by Gasteiger charge is -2.23. The van der Waals surface area contributed by atoms with Crippen LogP contribution in [0.15, 0.2) is 6.07 Å². The summed E-state index contributed by atoms with van der Waals surface area (Å²) >= 11 is 0. The van der Waals surface area contributed by atoms with Crippen LogP contribution in [0.3, 0.4) is 0 Å². The van der Waals surface area contributed by atoms with Crippen molar-refractivity contribution in [2.24, 2.45) is 5.92 Å². The molecule has 1 aliphatic heterocycles. The first-order chi connectivity index (χ1) is 11.0. The summed E-state index contributed by atoms with van der Waals surface area (Å²) in [4.78, 5) is 35.1. The summed E-state index contributed by atoms with van der Waals surface area (Å²) in [5, 5.41) is 2.88. The Morgan fingerprint density at radius 3 is 2.57 bits per heavy atom. The quantitative estimate of drug-likeness (QED) is 0.913. The number of hydrogen-bond acceptors (Lipinski definition) is 4. The zero-order valence-electron chi connectivity index (χ0n) is 13.8. The Kier molecular flexibility index (Phi) is 4.59. The normalized spacial score (nSPS) is 21.9. The van der Waals surface area contributed by atoms with Crippen LogP contribution in [0, 0.1) is 19.8 Å². The molecule has 1 saturated carbocycles. The van der Waals surface area contributed by atoms with Gasteiger partial charge in [0.1, 0.15) is 5.82 Å². The van der Waals surface area contributed by atoms with E-state index in [0.29, 0.717) is 31.4 Å². The fourth-order valence-electron chi connectivity index (χ4n) is 3.66. The lowest BCUT2D eigenvalue weighted by molar-refractivity contribution is -0.130. The third kappa shape index (κ3) is 3.68. The number of rotatable bonds is 4. The molecule has 124 valence electrons. The van der Waals surface area contributed by atoms with Gasteiger partial charge in [-0.05, 0) is 32.8 Å². The van der Waals surface area contributed by atoms with Crippen molar-refractivity contribution in [3.8, 4) is 0 Å². The minimum Gasteiger partial charge on any atom is -0.348 e. The molecule has 1 saturated heterocycles. The van der Waals surface area contributed by atoms with Gasteiger partial charge in [-0.15, -0.1) is 0 Å². The predicted molar refractivity (Wildman–Crippen MR) is 85.4 cm³/mol. The Morgan fingerprint density at radius 2 is 1.91 bits per heavy atom. The van der Waals surface area contributed by atoms with Gasteiger partial charge in [0.25, 0.3) is 0 Å². The first kappa shape index (κ1) is 15.9. The van der Waals surface area contributed by atoms with Crippen molar-refractivity contribution in [1.29, 1.82) is 0 Å². The molecule has 1 N–H and O–H groups in total. The van der Waals surface area contributed by atoms with Crippen LogP contribution in [0.4, 0.5) is 0 Å². The van der Waals surface area contributed by atoms with Crippen LogP contribution < -0.4 is 5.32 Å². The molecule has 1 aromatic heterocycles. The van der Waals surface area contributed by atoms with Crippen LogP contribution in [0.5, 0.6) is 0 Å². The minimum atomic E-state index is -0.242. The van der Waals surface area contributed by atoms with E-state index in [-0.39, 0.29) is 17.7 Å². The van der Waals surface area contributed by atoms with Crippen molar-refractivity contribution in [1.82, 2.24) is 20.2 Å². The lowest BCUT2D eigenvalue weighted by Crippen LogP contribution is -2.37. The third-order valence-electron chi connectivity index (χ3n) is 4.74. The number of aromatic nitrogens is 2. The van der Waals surface area contributed by atoms with E-state index in [0.717, 1.165) is 24.2 Å². The van der Waals surface area contributed by atoms with Gasteiger partial charge in [0.05, 0.1) is 12.5 Å². The van der Waals surface area contributed by atoms with E-state index in [1.165, 1.54) is 12.8 Å². The molecule has 0 radical (unpaired) electrons. The van der Waals surface area contributed by atoms with Crippen molar-refractivity contribution < 1.29 is 9.59 Å². The maximum Gasteiger partial charge on any atom is 0.225 e. The molecule has 3 rings (SSSR count). The summed E-state index contributed by atoms with van der Waals surface area (Å²) < 4.78 is 0. The van der Waals surface area contributed by atoms with Crippen molar-refractivity contribution in [3.05, 3.63) is 23.3 Å². The number of aryl methyl sites for hydroxylation is 2. The van der Waals surface area contributed by atoms with Gasteiger partial charge in [-0.3, -0.25) is 9.59 Å². The van der Waals surface area contributed by atoms with Crippen molar-refractivity contribution in [2.45, 2.75) is 58.5 Å². The van der Waals surface area contributed by atoms with E-state index in [2.05, 4.69) is 15.3 Å². The summed E-state index contributed by atoms with van der Waals surface area (Å²) in [7, 11) is 0. The van der Waals surface area contributed by atoms with E-state index in [1.54, 1.807) is 0 Å². The highest BCUT2D eigenvalue weighted by Crippen LogP contribution is 2.29. The van der Waals surface area contributed by atoms with Gasteiger partial charge in [0.2, 0.25) is 11.8 Å². The Hall–Kier alpha value is -1.98. The molecule has 0 aromatic carbocycles. The fourth-order valence-corrected chi connectivity index (χ4v) is 3.66. The average molecular weight is 316 g/mol. The zero-order chi connectivity index (χ0) is 16.4. The molecule has 2 amide bonds. The monoisotopic (exact) mass is 316 g/mol. The smallest absolute Gasteiger partial charge is 0.225 e. The molecule has 1 unspecified atom stereocenters. The summed E-state index contributed by atoms with van der Waals surface area (Å²) in [5.74, 6) is 0.433. The van der Waals surface area contributed by atoms with Gasteiger partial charge < -0.3 is 10.2 Å². The van der Waals surface area contributed by atoms with Crippen molar-refractivity contribution in [3.63, 3.8) is 0 Å². The highest BCUT2D eigenvalue weighted by molar-refractivity contribution is 5.89. The molecule has 1 aromatic rings. The molecule has 0 spiro atoms. The minimum absolute atomic E-state index is 0.0680. The fraction of sp³-hybridized carbons (Fsp3) is 0.647. The number of nitrogens with one attached hydrogen (secondary N) is 1. The second-order valence-corrected chi connectivity index (χ2v) is 6.67. The Morgan fingerprint density at radius 1 is 1.26 bits per heavy atom. The highest BCUT2D eigenvalue weighted by atomic mass is 16.2. The van der Waals surface area contributed by atoms with Crippen LogP contribution in [-0.4, -0.2) is 39.3 Å². The van der Waals surface area contributed by atoms with Gasteiger partial charge in [-0.25, -0.2) is 9.97 Å². The first-order valence-corrected chi connectivity index (χ1v) is 8.41. The molecule has 1 aliphatic carbocycles. The maximum atomic E-state index is 12.3. The second-order valence-electron chi connectivity index (χ2n) is 6.67. The third-order valence-corrected chi connectivity index (χ3v) is 4.74. The van der Waals surface area contributed by atoms with Gasteiger partial charge in [0, 0.05) is 30.4 Å². The van der Waals surface area contributed by atoms with E-state index in [9.17, 15) is 9.59 Å². The number of amides is 2. The number of carbonyl (C=O) groups is 2. The summed E-state index contributed by atoms with van der Waals surface area (Å²) in [5.41, 5.74) is 1.79. The molecular weight excluding hydrogens is 292 g/mol. The SMILES string of the molecule is Cc1cc(C)nc(CNC(=O)C2CC(=O)N(C3CCCC3)C2)n1. The highest BCUT2D eigenvalue weighted by Gasteiger charge is 2.38. The number of hydrogen-bond donors (Lipinski definition) is 1. The number of likely N-dealkylation sites (tertiary alicyclic amines) is 1. The Labute approximate surface area is 136 Å². The molecule has 2 heterocycles. The summed E-state index contributed by atoms with van der Waals surface area (Å²) in [6.07, 6.45) is 4.87. The molecule has 2 fully saturated rings. The molecule has 2 aliphatic rings. The van der Waals surface area contributed by atoms with Crippen molar-refractivity contribution in [2.75, 3.05) is 6.54 Å². The molecule has 6 heteroatoms. The Balaban J connectivity index is 1.55. The van der Waals surface area contributed by atoms with E-state index in [4.69, 9.17) is 0 Å². The van der Waals surface area contributed by atoms with E-state index >= 15 is 0 Å². The lowest BCUT2D eigenvalue weighted by atomic mass is 10.1. The predicted octanol–water partition coefficient (Wildman–Crippen LogP) is 1.50. The second kappa shape index (κ2) is 6.64. The largest absolute Gasteiger partial charge is 0.348 e. The topological polar surface area (TPSA) is 75.2 Å². The van der Waals surface area contributed by atoms with Gasteiger partial charge >= 0.3 is 0 Å². The molecule has 1 atom stereocenters. The van der Waals surface area contributed by atoms with Crippen LogP contribution in [0.1, 0.15) is 49.3 Å². The van der Waals surface area contributed by atoms with Crippen LogP contribution in [0.25, 0.3) is 0 Å². The average Bonchev–Trinajstić information content (AvgIpc) is 3.12. The molecular formula is C17H24N4O2. The maximum absolute atomic E-state index is 12.3. The number of nitrogens with zero attached hydrogens (tertiary/aromatic N) is 3. The standard InChI is InChI=1S/C17H24N4O2/c1-11-7-12(2)20-15(19-11)9-18-17(23)13-8-16(22)21(10-13)14-5-3-4-6-14/h7,13-14H,3-6,8-10H2,1-2H3,(H,18,23). The van der Waals surface area contributed by atoms with Gasteiger partial charge in [-0.1, -0.05) is 12.8 Å². The zero-order valence-corrected chi connectivity index (χ0v) is 13.8. The number of carbonyl (C=O) groups excluding carboxylic acids is 2. The van der Waals surface area contributed by atoms with E-state index in [1.807, 2.05) is 24.8 Å². The summed E-state index contributed by atoms with van der Waals surface area (Å²) in [6, 6.07) is 2.25. The van der Waals surface area contributed by atoms with E-state index < -0.39 is 0 Å². The van der Waals surface area contributed by atoms with Crippen LogP contribution >= 0.6 is 0 Å². The van der Waals surface area contributed by atoms with Gasteiger partial charge in [0.15, 0.2) is 0 Å². The van der Waals surface area contributed by atoms with Crippen molar-refractivity contribution >= 4 is 11.8 Å². The molecule has 0 bridgehead atoms.